The van der Waals surface area contributed by atoms with Crippen molar-refractivity contribution < 1.29 is 13.2 Å². The van der Waals surface area contributed by atoms with Crippen molar-refractivity contribution in [1.29, 1.82) is 0 Å². The Morgan fingerprint density at radius 3 is 2.67 bits per heavy atom. The van der Waals surface area contributed by atoms with Crippen molar-refractivity contribution in [1.82, 2.24) is 15.3 Å². The van der Waals surface area contributed by atoms with E-state index in [1.807, 2.05) is 19.9 Å². The van der Waals surface area contributed by atoms with Gasteiger partial charge >= 0.3 is 6.18 Å². The lowest BCUT2D eigenvalue weighted by atomic mass is 10.1. The van der Waals surface area contributed by atoms with Crippen molar-refractivity contribution >= 4 is 11.3 Å². The van der Waals surface area contributed by atoms with E-state index in [-0.39, 0.29) is 11.4 Å². The first-order chi connectivity index (χ1) is 9.97. The number of alkyl halides is 3. The molecule has 2 aromatic rings. The van der Waals surface area contributed by atoms with Crippen LogP contribution in [-0.4, -0.2) is 16.5 Å². The standard InChI is InChI=1S/C14H16F3N3S/c1-3-9-6-5-7-19-11(9)13-20-12(14(15,16)17)10(21-13)8-18-4-2/h5-7,18H,3-4,8H2,1-2H3. The van der Waals surface area contributed by atoms with E-state index < -0.39 is 11.9 Å². The predicted molar refractivity (Wildman–Crippen MR) is 77.1 cm³/mol. The molecule has 0 fully saturated rings. The minimum atomic E-state index is -4.44. The molecule has 0 aliphatic heterocycles. The van der Waals surface area contributed by atoms with E-state index in [9.17, 15) is 13.2 Å². The summed E-state index contributed by atoms with van der Waals surface area (Å²) < 4.78 is 39.2. The zero-order valence-electron chi connectivity index (χ0n) is 11.8. The van der Waals surface area contributed by atoms with Crippen LogP contribution in [0.3, 0.4) is 0 Å². The van der Waals surface area contributed by atoms with E-state index in [0.29, 0.717) is 23.7 Å². The molecule has 7 heteroatoms. The second-order valence-electron chi connectivity index (χ2n) is 4.43. The molecule has 3 nitrogen and oxygen atoms in total. The van der Waals surface area contributed by atoms with Crippen LogP contribution in [0.5, 0.6) is 0 Å². The Kier molecular flexibility index (Phi) is 4.95. The fraction of sp³-hybridized carbons (Fsp3) is 0.429. The van der Waals surface area contributed by atoms with Crippen LogP contribution in [-0.2, 0) is 19.1 Å². The minimum absolute atomic E-state index is 0.164. The molecule has 0 aliphatic rings. The summed E-state index contributed by atoms with van der Waals surface area (Å²) in [5.74, 6) is 0. The van der Waals surface area contributed by atoms with Crippen LogP contribution in [0.4, 0.5) is 13.2 Å². The van der Waals surface area contributed by atoms with Crippen molar-refractivity contribution in [3.63, 3.8) is 0 Å². The van der Waals surface area contributed by atoms with Gasteiger partial charge in [-0.15, -0.1) is 11.3 Å². The number of halogens is 3. The molecule has 0 aliphatic carbocycles. The lowest BCUT2D eigenvalue weighted by Crippen LogP contribution is -2.15. The summed E-state index contributed by atoms with van der Waals surface area (Å²) in [6.07, 6.45) is -2.17. The average Bonchev–Trinajstić information content (AvgIpc) is 2.89. The fourth-order valence-electron chi connectivity index (χ4n) is 1.95. The van der Waals surface area contributed by atoms with Crippen molar-refractivity contribution in [2.45, 2.75) is 33.0 Å². The number of nitrogens with zero attached hydrogens (tertiary/aromatic N) is 2. The third kappa shape index (κ3) is 3.59. The SMILES string of the molecule is CCNCc1sc(-c2ncccc2CC)nc1C(F)(F)F. The Hall–Kier alpha value is -1.47. The smallest absolute Gasteiger partial charge is 0.312 e. The first-order valence-electron chi connectivity index (χ1n) is 6.69. The summed E-state index contributed by atoms with van der Waals surface area (Å²) in [6, 6.07) is 3.64. The first kappa shape index (κ1) is 15.9. The quantitative estimate of drug-likeness (QED) is 0.909. The molecule has 1 N–H and O–H groups in total. The van der Waals surface area contributed by atoms with E-state index in [1.165, 1.54) is 0 Å². The van der Waals surface area contributed by atoms with Crippen molar-refractivity contribution in [3.05, 3.63) is 34.5 Å². The van der Waals surface area contributed by atoms with E-state index in [1.54, 1.807) is 12.3 Å². The van der Waals surface area contributed by atoms with Gasteiger partial charge in [-0.05, 0) is 24.6 Å². The van der Waals surface area contributed by atoms with Gasteiger partial charge in [0.05, 0.1) is 4.88 Å². The molecule has 114 valence electrons. The zero-order valence-corrected chi connectivity index (χ0v) is 12.6. The zero-order chi connectivity index (χ0) is 15.5. The average molecular weight is 315 g/mol. The normalized spacial score (nSPS) is 11.9. The van der Waals surface area contributed by atoms with Crippen molar-refractivity contribution in [2.24, 2.45) is 0 Å². The second-order valence-corrected chi connectivity index (χ2v) is 5.52. The maximum absolute atomic E-state index is 13.1. The highest BCUT2D eigenvalue weighted by molar-refractivity contribution is 7.15. The van der Waals surface area contributed by atoms with Crippen molar-refractivity contribution in [2.75, 3.05) is 6.54 Å². The topological polar surface area (TPSA) is 37.8 Å². The van der Waals surface area contributed by atoms with E-state index in [0.717, 1.165) is 16.9 Å². The Morgan fingerprint density at radius 2 is 2.05 bits per heavy atom. The van der Waals surface area contributed by atoms with Gasteiger partial charge in [-0.2, -0.15) is 13.2 Å². The highest BCUT2D eigenvalue weighted by Gasteiger charge is 2.37. The molecule has 0 radical (unpaired) electrons. The van der Waals surface area contributed by atoms with Gasteiger partial charge in [0.15, 0.2) is 5.69 Å². The van der Waals surface area contributed by atoms with Crippen LogP contribution in [0.1, 0.15) is 30.0 Å². The van der Waals surface area contributed by atoms with Gasteiger partial charge in [-0.25, -0.2) is 4.98 Å². The Balaban J connectivity index is 2.48. The Morgan fingerprint density at radius 1 is 1.29 bits per heavy atom. The number of pyridine rings is 1. The number of aryl methyl sites for hydroxylation is 1. The maximum Gasteiger partial charge on any atom is 0.434 e. The van der Waals surface area contributed by atoms with Crippen LogP contribution in [0.25, 0.3) is 10.7 Å². The number of hydrogen-bond donors (Lipinski definition) is 1. The second kappa shape index (κ2) is 6.53. The molecule has 0 saturated carbocycles. The minimum Gasteiger partial charge on any atom is -0.312 e. The van der Waals surface area contributed by atoms with Crippen LogP contribution in [0.15, 0.2) is 18.3 Å². The number of thiazole rings is 1. The Bertz CT molecular complexity index is 608. The first-order valence-corrected chi connectivity index (χ1v) is 7.50. The molecule has 0 spiro atoms. The fourth-order valence-corrected chi connectivity index (χ4v) is 3.03. The van der Waals surface area contributed by atoms with Crippen LogP contribution >= 0.6 is 11.3 Å². The van der Waals surface area contributed by atoms with E-state index in [4.69, 9.17) is 0 Å². The van der Waals surface area contributed by atoms with E-state index >= 15 is 0 Å². The summed E-state index contributed by atoms with van der Waals surface area (Å²) >= 11 is 1.05. The molecule has 2 rings (SSSR count). The number of nitrogens with one attached hydrogen (secondary N) is 1. The van der Waals surface area contributed by atoms with Gasteiger partial charge in [-0.3, -0.25) is 4.98 Å². The van der Waals surface area contributed by atoms with Crippen LogP contribution < -0.4 is 5.32 Å². The third-order valence-corrected chi connectivity index (χ3v) is 4.04. The summed E-state index contributed by atoms with van der Waals surface area (Å²) in [4.78, 5) is 8.20. The number of hydrogen-bond acceptors (Lipinski definition) is 4. The molecule has 0 atom stereocenters. The van der Waals surface area contributed by atoms with E-state index in [2.05, 4.69) is 15.3 Å². The molecule has 21 heavy (non-hydrogen) atoms. The number of rotatable bonds is 5. The molecule has 2 aromatic heterocycles. The highest BCUT2D eigenvalue weighted by atomic mass is 32.1. The van der Waals surface area contributed by atoms with Crippen LogP contribution in [0, 0.1) is 0 Å². The maximum atomic E-state index is 13.1. The van der Waals surface area contributed by atoms with Gasteiger partial charge in [0.2, 0.25) is 0 Å². The lowest BCUT2D eigenvalue weighted by molar-refractivity contribution is -0.141. The summed E-state index contributed by atoms with van der Waals surface area (Å²) in [7, 11) is 0. The Labute approximate surface area is 125 Å². The molecule has 0 bridgehead atoms. The number of aromatic nitrogens is 2. The molecule has 0 unspecified atom stereocenters. The molecular formula is C14H16F3N3S. The monoisotopic (exact) mass is 315 g/mol. The summed E-state index contributed by atoms with van der Waals surface area (Å²) in [6.45, 7) is 4.56. The highest BCUT2D eigenvalue weighted by Crippen LogP contribution is 2.37. The molecule has 0 saturated heterocycles. The van der Waals surface area contributed by atoms with Gasteiger partial charge < -0.3 is 5.32 Å². The summed E-state index contributed by atoms with van der Waals surface area (Å²) in [5, 5.41) is 3.25. The largest absolute Gasteiger partial charge is 0.434 e. The molecular weight excluding hydrogens is 299 g/mol. The van der Waals surface area contributed by atoms with Crippen LogP contribution in [0.2, 0.25) is 0 Å². The van der Waals surface area contributed by atoms with Gasteiger partial charge in [0.25, 0.3) is 0 Å². The molecule has 0 aromatic carbocycles. The van der Waals surface area contributed by atoms with Gasteiger partial charge in [0, 0.05) is 12.7 Å². The van der Waals surface area contributed by atoms with Crippen molar-refractivity contribution in [3.8, 4) is 10.7 Å². The molecule has 2 heterocycles. The van der Waals surface area contributed by atoms with Gasteiger partial charge in [-0.1, -0.05) is 19.9 Å². The predicted octanol–water partition coefficient (Wildman–Crippen LogP) is 3.90. The lowest BCUT2D eigenvalue weighted by Gasteiger charge is -2.05. The summed E-state index contributed by atoms with van der Waals surface area (Å²) in [5.41, 5.74) is 0.629. The van der Waals surface area contributed by atoms with Gasteiger partial charge in [0.1, 0.15) is 10.7 Å². The molecule has 0 amide bonds. The third-order valence-electron chi connectivity index (χ3n) is 2.98.